The van der Waals surface area contributed by atoms with Crippen LogP contribution in [0.3, 0.4) is 0 Å². The maximum atomic E-state index is 12.7. The molecule has 0 fully saturated rings. The van der Waals surface area contributed by atoms with E-state index in [9.17, 15) is 9.59 Å². The van der Waals surface area contributed by atoms with Gasteiger partial charge in [-0.05, 0) is 51.1 Å². The standard InChI is InChI=1S/C20H20Cl2N2O3/c1-4-24-16-6-5-15(10-17(16)27-11-20(2,3)19(24)26)23-18(25)12-7-13(21)9-14(22)8-12/h5-10H,4,11H2,1-3H3,(H,23,25). The molecule has 7 heteroatoms. The van der Waals surface area contributed by atoms with Gasteiger partial charge < -0.3 is 15.0 Å². The van der Waals surface area contributed by atoms with E-state index in [1.54, 1.807) is 41.3 Å². The highest BCUT2D eigenvalue weighted by molar-refractivity contribution is 6.35. The smallest absolute Gasteiger partial charge is 0.255 e. The Morgan fingerprint density at radius 3 is 2.48 bits per heavy atom. The van der Waals surface area contributed by atoms with Crippen LogP contribution in [-0.2, 0) is 4.79 Å². The highest BCUT2D eigenvalue weighted by Crippen LogP contribution is 2.38. The third-order valence-electron chi connectivity index (χ3n) is 4.36. The molecule has 2 aromatic rings. The number of carbonyl (C=O) groups is 2. The van der Waals surface area contributed by atoms with E-state index in [2.05, 4.69) is 5.32 Å². The minimum atomic E-state index is -0.629. The second-order valence-electron chi connectivity index (χ2n) is 7.02. The minimum absolute atomic E-state index is 0.00843. The molecule has 142 valence electrons. The number of ether oxygens (including phenoxy) is 1. The molecule has 0 radical (unpaired) electrons. The molecule has 0 unspecified atom stereocenters. The Bertz CT molecular complexity index is 892. The Morgan fingerprint density at radius 1 is 1.19 bits per heavy atom. The van der Waals surface area contributed by atoms with E-state index in [4.69, 9.17) is 27.9 Å². The van der Waals surface area contributed by atoms with Crippen LogP contribution in [0, 0.1) is 5.41 Å². The topological polar surface area (TPSA) is 58.6 Å². The third kappa shape index (κ3) is 4.04. The summed E-state index contributed by atoms with van der Waals surface area (Å²) in [5, 5.41) is 3.58. The second kappa shape index (κ2) is 7.41. The molecule has 0 saturated carbocycles. The molecule has 0 atom stereocenters. The second-order valence-corrected chi connectivity index (χ2v) is 7.89. The molecule has 3 rings (SSSR count). The highest BCUT2D eigenvalue weighted by Gasteiger charge is 2.37. The van der Waals surface area contributed by atoms with Gasteiger partial charge in [-0.1, -0.05) is 23.2 Å². The van der Waals surface area contributed by atoms with Gasteiger partial charge in [0.2, 0.25) is 5.91 Å². The predicted octanol–water partition coefficient (Wildman–Crippen LogP) is 5.02. The number of anilines is 2. The van der Waals surface area contributed by atoms with Crippen molar-refractivity contribution in [2.24, 2.45) is 5.41 Å². The SMILES string of the molecule is CCN1C(=O)C(C)(C)COc2cc(NC(=O)c3cc(Cl)cc(Cl)c3)ccc21. The largest absolute Gasteiger partial charge is 0.490 e. The Morgan fingerprint density at radius 2 is 1.85 bits per heavy atom. The lowest BCUT2D eigenvalue weighted by Crippen LogP contribution is -2.42. The van der Waals surface area contributed by atoms with E-state index >= 15 is 0 Å². The van der Waals surface area contributed by atoms with E-state index in [0.29, 0.717) is 39.3 Å². The van der Waals surface area contributed by atoms with Crippen molar-refractivity contribution in [2.75, 3.05) is 23.4 Å². The number of nitrogens with one attached hydrogen (secondary N) is 1. The molecular weight excluding hydrogens is 387 g/mol. The fourth-order valence-corrected chi connectivity index (χ4v) is 3.45. The van der Waals surface area contributed by atoms with Gasteiger partial charge in [0.25, 0.3) is 5.91 Å². The average molecular weight is 407 g/mol. The first-order valence-corrected chi connectivity index (χ1v) is 9.33. The van der Waals surface area contributed by atoms with Crippen LogP contribution >= 0.6 is 23.2 Å². The van der Waals surface area contributed by atoms with Crippen LogP contribution in [0.4, 0.5) is 11.4 Å². The maximum absolute atomic E-state index is 12.7. The van der Waals surface area contributed by atoms with E-state index in [-0.39, 0.29) is 18.4 Å². The first-order chi connectivity index (χ1) is 12.7. The normalized spacial score (nSPS) is 15.6. The van der Waals surface area contributed by atoms with Crippen LogP contribution in [0.25, 0.3) is 0 Å². The molecular formula is C20H20Cl2N2O3. The minimum Gasteiger partial charge on any atom is -0.490 e. The number of benzene rings is 2. The summed E-state index contributed by atoms with van der Waals surface area (Å²) in [5.41, 5.74) is 0.973. The lowest BCUT2D eigenvalue weighted by molar-refractivity contribution is -0.127. The molecule has 1 N–H and O–H groups in total. The maximum Gasteiger partial charge on any atom is 0.255 e. The van der Waals surface area contributed by atoms with Crippen molar-refractivity contribution in [1.29, 1.82) is 0 Å². The molecule has 0 saturated heterocycles. The molecule has 0 aliphatic carbocycles. The van der Waals surface area contributed by atoms with E-state index < -0.39 is 5.41 Å². The van der Waals surface area contributed by atoms with Crippen molar-refractivity contribution in [1.82, 2.24) is 0 Å². The van der Waals surface area contributed by atoms with Gasteiger partial charge in [-0.15, -0.1) is 0 Å². The summed E-state index contributed by atoms with van der Waals surface area (Å²) in [6.45, 7) is 6.43. The summed E-state index contributed by atoms with van der Waals surface area (Å²) >= 11 is 11.9. The van der Waals surface area contributed by atoms with Crippen LogP contribution in [-0.4, -0.2) is 25.0 Å². The zero-order valence-corrected chi connectivity index (χ0v) is 16.8. The summed E-state index contributed by atoms with van der Waals surface area (Å²) < 4.78 is 5.88. The third-order valence-corrected chi connectivity index (χ3v) is 4.80. The zero-order valence-electron chi connectivity index (χ0n) is 15.3. The van der Waals surface area contributed by atoms with Gasteiger partial charge in [0.05, 0.1) is 11.1 Å². The van der Waals surface area contributed by atoms with Gasteiger partial charge in [0, 0.05) is 33.9 Å². The van der Waals surface area contributed by atoms with E-state index in [1.165, 1.54) is 0 Å². The van der Waals surface area contributed by atoms with E-state index in [0.717, 1.165) is 0 Å². The molecule has 2 amide bonds. The van der Waals surface area contributed by atoms with Gasteiger partial charge >= 0.3 is 0 Å². The van der Waals surface area contributed by atoms with Crippen molar-refractivity contribution in [2.45, 2.75) is 20.8 Å². The fraction of sp³-hybridized carbons (Fsp3) is 0.300. The zero-order chi connectivity index (χ0) is 19.8. The summed E-state index contributed by atoms with van der Waals surface area (Å²) in [7, 11) is 0. The van der Waals surface area contributed by atoms with Crippen LogP contribution in [0.1, 0.15) is 31.1 Å². The molecule has 27 heavy (non-hydrogen) atoms. The first-order valence-electron chi connectivity index (χ1n) is 8.57. The van der Waals surface area contributed by atoms with Gasteiger partial charge in [-0.2, -0.15) is 0 Å². The molecule has 0 aromatic heterocycles. The monoisotopic (exact) mass is 406 g/mol. The number of carbonyl (C=O) groups excluding carboxylic acids is 2. The van der Waals surface area contributed by atoms with Crippen LogP contribution in [0.15, 0.2) is 36.4 Å². The number of amides is 2. The van der Waals surface area contributed by atoms with Crippen molar-refractivity contribution < 1.29 is 14.3 Å². The quantitative estimate of drug-likeness (QED) is 0.778. The van der Waals surface area contributed by atoms with Crippen molar-refractivity contribution >= 4 is 46.4 Å². The fourth-order valence-electron chi connectivity index (χ4n) is 2.93. The molecule has 0 spiro atoms. The first kappa shape index (κ1) is 19.5. The Kier molecular flexibility index (Phi) is 5.36. The molecule has 1 heterocycles. The van der Waals surface area contributed by atoms with Gasteiger partial charge in [-0.25, -0.2) is 0 Å². The van der Waals surface area contributed by atoms with Crippen molar-refractivity contribution in [3.05, 3.63) is 52.0 Å². The molecule has 0 bridgehead atoms. The van der Waals surface area contributed by atoms with Crippen LogP contribution in [0.5, 0.6) is 5.75 Å². The number of nitrogens with zero attached hydrogens (tertiary/aromatic N) is 1. The molecule has 1 aliphatic heterocycles. The summed E-state index contributed by atoms with van der Waals surface area (Å²) in [6, 6.07) is 9.88. The Hall–Kier alpha value is -2.24. The number of rotatable bonds is 3. The van der Waals surface area contributed by atoms with Crippen LogP contribution in [0.2, 0.25) is 10.0 Å². The number of hydrogen-bond acceptors (Lipinski definition) is 3. The summed E-state index contributed by atoms with van der Waals surface area (Å²) in [5.74, 6) is 0.225. The number of hydrogen-bond donors (Lipinski definition) is 1. The summed E-state index contributed by atoms with van der Waals surface area (Å²) in [4.78, 5) is 26.9. The van der Waals surface area contributed by atoms with E-state index in [1.807, 2.05) is 20.8 Å². The molecule has 5 nitrogen and oxygen atoms in total. The summed E-state index contributed by atoms with van der Waals surface area (Å²) in [6.07, 6.45) is 0. The van der Waals surface area contributed by atoms with Gasteiger partial charge in [0.1, 0.15) is 12.4 Å². The molecule has 2 aromatic carbocycles. The average Bonchev–Trinajstić information content (AvgIpc) is 2.69. The van der Waals surface area contributed by atoms with Crippen molar-refractivity contribution in [3.63, 3.8) is 0 Å². The Balaban J connectivity index is 1.89. The number of fused-ring (bicyclic) bond motifs is 1. The Labute approximate surface area is 168 Å². The number of halogens is 2. The van der Waals surface area contributed by atoms with Gasteiger partial charge in [-0.3, -0.25) is 9.59 Å². The highest BCUT2D eigenvalue weighted by atomic mass is 35.5. The lowest BCUT2D eigenvalue weighted by Gasteiger charge is -2.26. The van der Waals surface area contributed by atoms with Gasteiger partial charge in [0.15, 0.2) is 0 Å². The van der Waals surface area contributed by atoms with Crippen molar-refractivity contribution in [3.8, 4) is 5.75 Å². The molecule has 1 aliphatic rings. The lowest BCUT2D eigenvalue weighted by atomic mass is 9.93. The van der Waals surface area contributed by atoms with Crippen LogP contribution < -0.4 is 15.0 Å². The predicted molar refractivity (Wildman–Crippen MR) is 108 cm³/mol.